The van der Waals surface area contributed by atoms with Gasteiger partial charge in [-0.05, 0) is 36.4 Å². The van der Waals surface area contributed by atoms with Crippen LogP contribution < -0.4 is 5.32 Å². The van der Waals surface area contributed by atoms with Gasteiger partial charge in [0.15, 0.2) is 11.3 Å². The Bertz CT molecular complexity index is 977. The first-order valence-electron chi connectivity index (χ1n) is 6.80. The number of hydrogen-bond donors (Lipinski definition) is 1. The van der Waals surface area contributed by atoms with Crippen LogP contribution in [0.1, 0.15) is 10.5 Å². The van der Waals surface area contributed by atoms with Crippen molar-refractivity contribution in [2.45, 2.75) is 0 Å². The second kappa shape index (κ2) is 5.81. The first kappa shape index (κ1) is 15.2. The van der Waals surface area contributed by atoms with Crippen molar-refractivity contribution < 1.29 is 9.00 Å². The van der Waals surface area contributed by atoms with E-state index in [2.05, 4.69) is 19.8 Å². The molecule has 0 saturated carbocycles. The van der Waals surface area contributed by atoms with E-state index in [0.29, 0.717) is 22.7 Å². The number of aromatic nitrogens is 3. The first-order chi connectivity index (χ1) is 10.9. The van der Waals surface area contributed by atoms with Crippen LogP contribution in [-0.4, -0.2) is 37.2 Å². The number of carbonyl (C=O) groups excluding carboxylic acids is 1. The molecule has 0 spiro atoms. The molecule has 3 aromatic rings. The molecule has 0 unspecified atom stereocenters. The summed E-state index contributed by atoms with van der Waals surface area (Å²) in [7, 11) is -2.21. The highest BCUT2D eigenvalue weighted by atomic mass is 32.2. The van der Waals surface area contributed by atoms with E-state index >= 15 is 0 Å². The van der Waals surface area contributed by atoms with Crippen LogP contribution in [0.3, 0.4) is 0 Å². The van der Waals surface area contributed by atoms with Gasteiger partial charge in [0.25, 0.3) is 5.91 Å². The molecule has 0 aliphatic rings. The molecule has 0 radical (unpaired) electrons. The van der Waals surface area contributed by atoms with Crippen molar-refractivity contribution in [1.29, 1.82) is 0 Å². The average Bonchev–Trinajstić information content (AvgIpc) is 2.92. The maximum absolute atomic E-state index is 12.3. The molecule has 1 N–H and O–H groups in total. The van der Waals surface area contributed by atoms with Crippen molar-refractivity contribution in [3.8, 4) is 0 Å². The van der Waals surface area contributed by atoms with Crippen molar-refractivity contribution in [3.05, 3.63) is 54.5 Å². The van der Waals surface area contributed by atoms with Crippen molar-refractivity contribution in [3.63, 3.8) is 0 Å². The van der Waals surface area contributed by atoms with Crippen LogP contribution in [0, 0.1) is 0 Å². The van der Waals surface area contributed by atoms with E-state index in [1.54, 1.807) is 55.1 Å². The minimum Gasteiger partial charge on any atom is -0.321 e. The number of amides is 1. The number of hydrogen-bond acceptors (Lipinski definition) is 5. The van der Waals surface area contributed by atoms with Gasteiger partial charge in [-0.25, -0.2) is 13.7 Å². The largest absolute Gasteiger partial charge is 0.321 e. The molecular formula is C15H15N5O2S. The number of fused-ring (bicyclic) bond motifs is 1. The highest BCUT2D eigenvalue weighted by molar-refractivity contribution is 7.92. The van der Waals surface area contributed by atoms with Gasteiger partial charge in [0.1, 0.15) is 0 Å². The molecule has 0 aliphatic heterocycles. The quantitative estimate of drug-likeness (QED) is 0.799. The third kappa shape index (κ3) is 3.54. The molecule has 1 aromatic carbocycles. The van der Waals surface area contributed by atoms with E-state index in [4.69, 9.17) is 0 Å². The Morgan fingerprint density at radius 3 is 2.65 bits per heavy atom. The first-order valence-corrected chi connectivity index (χ1v) is 9.13. The molecule has 2 heterocycles. The number of nitrogens with zero attached hydrogens (tertiary/aromatic N) is 4. The molecule has 3 rings (SSSR count). The van der Waals surface area contributed by atoms with Gasteiger partial charge in [-0.3, -0.25) is 4.79 Å². The number of anilines is 1. The highest BCUT2D eigenvalue weighted by Gasteiger charge is 2.12. The van der Waals surface area contributed by atoms with Crippen molar-refractivity contribution in [1.82, 2.24) is 14.6 Å². The maximum atomic E-state index is 12.3. The van der Waals surface area contributed by atoms with Crippen LogP contribution in [0.4, 0.5) is 11.4 Å². The van der Waals surface area contributed by atoms with Crippen molar-refractivity contribution in [2.75, 3.05) is 17.8 Å². The average molecular weight is 329 g/mol. The van der Waals surface area contributed by atoms with Gasteiger partial charge in [0.05, 0.1) is 11.9 Å². The summed E-state index contributed by atoms with van der Waals surface area (Å²) < 4.78 is 17.2. The summed E-state index contributed by atoms with van der Waals surface area (Å²) in [5.74, 6) is -0.310. The molecule has 0 saturated heterocycles. The van der Waals surface area contributed by atoms with Gasteiger partial charge in [-0.15, -0.1) is 0 Å². The fourth-order valence-corrected chi connectivity index (χ4v) is 2.67. The zero-order chi connectivity index (χ0) is 16.4. The third-order valence-corrected chi connectivity index (χ3v) is 3.61. The van der Waals surface area contributed by atoms with Gasteiger partial charge >= 0.3 is 0 Å². The summed E-state index contributed by atoms with van der Waals surface area (Å²) in [6.45, 7) is 0. The second-order valence-corrected chi connectivity index (χ2v) is 7.76. The minimum atomic E-state index is -2.21. The Morgan fingerprint density at radius 1 is 1.22 bits per heavy atom. The van der Waals surface area contributed by atoms with Gasteiger partial charge in [0.2, 0.25) is 0 Å². The van der Waals surface area contributed by atoms with E-state index in [1.165, 1.54) is 10.7 Å². The molecule has 8 heteroatoms. The molecular weight excluding hydrogens is 314 g/mol. The van der Waals surface area contributed by atoms with Crippen LogP contribution in [0.2, 0.25) is 0 Å². The summed E-state index contributed by atoms with van der Waals surface area (Å²) in [5.41, 5.74) is 2.17. The molecule has 118 valence electrons. The van der Waals surface area contributed by atoms with Crippen LogP contribution in [0.25, 0.3) is 5.65 Å². The Morgan fingerprint density at radius 2 is 1.96 bits per heavy atom. The molecule has 0 fully saturated rings. The van der Waals surface area contributed by atoms with Gasteiger partial charge < -0.3 is 5.32 Å². The van der Waals surface area contributed by atoms with E-state index in [0.717, 1.165) is 0 Å². The lowest BCUT2D eigenvalue weighted by Gasteiger charge is -2.05. The van der Waals surface area contributed by atoms with Gasteiger partial charge in [-0.2, -0.15) is 9.46 Å². The Labute approximate surface area is 133 Å². The lowest BCUT2D eigenvalue weighted by molar-refractivity contribution is 0.102. The van der Waals surface area contributed by atoms with Gasteiger partial charge in [0, 0.05) is 34.1 Å². The SMILES string of the molecule is CS(C)(=O)=Nc1ccc(NC(=O)c2cnc3cccnn23)cc1. The van der Waals surface area contributed by atoms with Crippen LogP contribution >= 0.6 is 0 Å². The summed E-state index contributed by atoms with van der Waals surface area (Å²) in [6, 6.07) is 10.3. The molecule has 0 aliphatic carbocycles. The summed E-state index contributed by atoms with van der Waals surface area (Å²) in [5, 5.41) is 6.88. The normalized spacial score (nSPS) is 11.4. The van der Waals surface area contributed by atoms with Crippen LogP contribution in [0.15, 0.2) is 53.2 Å². The molecule has 0 bridgehead atoms. The van der Waals surface area contributed by atoms with E-state index in [9.17, 15) is 9.00 Å². The lowest BCUT2D eigenvalue weighted by atomic mass is 10.3. The number of benzene rings is 1. The monoisotopic (exact) mass is 329 g/mol. The predicted octanol–water partition coefficient (Wildman–Crippen LogP) is 2.34. The highest BCUT2D eigenvalue weighted by Crippen LogP contribution is 2.18. The topological polar surface area (TPSA) is 88.7 Å². The van der Waals surface area contributed by atoms with E-state index in [1.807, 2.05) is 0 Å². The molecule has 0 atom stereocenters. The summed E-state index contributed by atoms with van der Waals surface area (Å²) >= 11 is 0. The van der Waals surface area contributed by atoms with Crippen LogP contribution in [0.5, 0.6) is 0 Å². The number of imidazole rings is 1. The number of rotatable bonds is 3. The fourth-order valence-electron chi connectivity index (χ4n) is 2.04. The standard InChI is InChI=1S/C15H15N5O2S/c1-23(2,22)19-12-7-5-11(6-8-12)18-15(21)13-10-16-14-4-3-9-17-20(13)14/h3-10H,1-2H3,(H,18,21). The molecule has 7 nitrogen and oxygen atoms in total. The van der Waals surface area contributed by atoms with Crippen LogP contribution in [-0.2, 0) is 9.73 Å². The second-order valence-electron chi connectivity index (χ2n) is 5.21. The Kier molecular flexibility index (Phi) is 3.83. The third-order valence-electron chi connectivity index (χ3n) is 2.96. The Balaban J connectivity index is 1.82. The minimum absolute atomic E-state index is 0.310. The molecule has 23 heavy (non-hydrogen) atoms. The predicted molar refractivity (Wildman–Crippen MR) is 89.5 cm³/mol. The van der Waals surface area contributed by atoms with Crippen molar-refractivity contribution >= 4 is 32.7 Å². The summed E-state index contributed by atoms with van der Waals surface area (Å²) in [4.78, 5) is 16.5. The van der Waals surface area contributed by atoms with Crippen molar-refractivity contribution in [2.24, 2.45) is 4.36 Å². The van der Waals surface area contributed by atoms with E-state index < -0.39 is 9.73 Å². The Hall–Kier alpha value is -2.74. The zero-order valence-electron chi connectivity index (χ0n) is 12.6. The number of nitrogens with one attached hydrogen (secondary N) is 1. The number of carbonyl (C=O) groups is 1. The molecule has 2 aromatic heterocycles. The van der Waals surface area contributed by atoms with Gasteiger partial charge in [-0.1, -0.05) is 0 Å². The maximum Gasteiger partial charge on any atom is 0.276 e. The zero-order valence-corrected chi connectivity index (χ0v) is 13.4. The smallest absolute Gasteiger partial charge is 0.276 e. The van der Waals surface area contributed by atoms with E-state index in [-0.39, 0.29) is 5.91 Å². The summed E-state index contributed by atoms with van der Waals surface area (Å²) in [6.07, 6.45) is 6.21. The fraction of sp³-hybridized carbons (Fsp3) is 0.133. The lowest BCUT2D eigenvalue weighted by Crippen LogP contribution is -2.15. The molecule has 1 amide bonds.